The van der Waals surface area contributed by atoms with E-state index in [0.717, 1.165) is 60.8 Å². The summed E-state index contributed by atoms with van der Waals surface area (Å²) in [5.74, 6) is 1.21. The summed E-state index contributed by atoms with van der Waals surface area (Å²) in [6.45, 7) is 4.64. The molecule has 5 heteroatoms. The molecule has 0 amide bonds. The van der Waals surface area contributed by atoms with E-state index in [4.69, 9.17) is 18.8 Å². The van der Waals surface area contributed by atoms with Crippen LogP contribution in [-0.2, 0) is 5.41 Å². The molecule has 9 aromatic rings. The lowest BCUT2D eigenvalue weighted by atomic mass is 9.82. The number of fused-ring (bicyclic) bond motifs is 8. The fourth-order valence-corrected chi connectivity index (χ4v) is 7.41. The number of para-hydroxylation sites is 4. The summed E-state index contributed by atoms with van der Waals surface area (Å²) in [7, 11) is 0. The summed E-state index contributed by atoms with van der Waals surface area (Å²) in [6, 6.07) is 44.4. The largest absolute Gasteiger partial charge is 0.436 e. The van der Waals surface area contributed by atoms with E-state index >= 15 is 0 Å². The Kier molecular flexibility index (Phi) is 5.00. The van der Waals surface area contributed by atoms with Gasteiger partial charge in [-0.15, -0.1) is 0 Å². The molecule has 0 radical (unpaired) electrons. The summed E-state index contributed by atoms with van der Waals surface area (Å²) in [4.78, 5) is 9.60. The number of rotatable bonds is 3. The lowest BCUT2D eigenvalue weighted by molar-refractivity contribution is 0.619. The van der Waals surface area contributed by atoms with Crippen LogP contribution in [0.1, 0.15) is 25.0 Å². The van der Waals surface area contributed by atoms with Gasteiger partial charge in [-0.1, -0.05) is 68.4 Å². The first-order valence-corrected chi connectivity index (χ1v) is 15.6. The maximum absolute atomic E-state index is 6.19. The zero-order valence-corrected chi connectivity index (χ0v) is 25.3. The van der Waals surface area contributed by atoms with Crippen molar-refractivity contribution < 1.29 is 8.83 Å². The van der Waals surface area contributed by atoms with Crippen LogP contribution in [0.2, 0.25) is 0 Å². The third kappa shape index (κ3) is 3.51. The molecule has 3 heterocycles. The summed E-state index contributed by atoms with van der Waals surface area (Å²) >= 11 is 0. The first-order chi connectivity index (χ1) is 22.5. The fourth-order valence-electron chi connectivity index (χ4n) is 7.41. The van der Waals surface area contributed by atoms with Crippen LogP contribution in [0.5, 0.6) is 0 Å². The summed E-state index contributed by atoms with van der Waals surface area (Å²) < 4.78 is 14.8. The van der Waals surface area contributed by atoms with E-state index in [2.05, 4.69) is 97.3 Å². The highest BCUT2D eigenvalue weighted by Crippen LogP contribution is 2.49. The molecule has 6 aromatic carbocycles. The van der Waals surface area contributed by atoms with E-state index < -0.39 is 0 Å². The molecule has 218 valence electrons. The Morgan fingerprint density at radius 2 is 1.07 bits per heavy atom. The van der Waals surface area contributed by atoms with Crippen LogP contribution in [0.25, 0.3) is 83.7 Å². The van der Waals surface area contributed by atoms with Gasteiger partial charge in [0, 0.05) is 33.0 Å². The molecule has 0 unspecified atom stereocenters. The van der Waals surface area contributed by atoms with Crippen molar-refractivity contribution in [2.45, 2.75) is 19.3 Å². The molecule has 0 saturated carbocycles. The van der Waals surface area contributed by atoms with Gasteiger partial charge in [-0.05, 0) is 95.1 Å². The van der Waals surface area contributed by atoms with Crippen molar-refractivity contribution in [3.63, 3.8) is 0 Å². The molecule has 0 N–H and O–H groups in total. The standard InChI is InChI=1S/C41H27N3O2/c1-41(2)31-10-4-3-9-27(31)28-23-26(17-18-32(28)41)44-35-19-15-24(39-42-33-11-5-7-13-37(33)45-39)21-29(35)30-22-25(16-20-36(30)44)40-43-34-12-6-8-14-38(34)46-40/h3-23H,1-2H3. The monoisotopic (exact) mass is 593 g/mol. The van der Waals surface area contributed by atoms with Crippen LogP contribution in [0.3, 0.4) is 0 Å². The van der Waals surface area contributed by atoms with Crippen LogP contribution < -0.4 is 0 Å². The zero-order chi connectivity index (χ0) is 30.6. The van der Waals surface area contributed by atoms with Gasteiger partial charge in [-0.2, -0.15) is 0 Å². The van der Waals surface area contributed by atoms with E-state index in [1.165, 1.54) is 22.3 Å². The van der Waals surface area contributed by atoms with Crippen molar-refractivity contribution in [1.29, 1.82) is 0 Å². The average Bonchev–Trinajstić information content (AvgIpc) is 3.85. The van der Waals surface area contributed by atoms with Crippen LogP contribution in [0, 0.1) is 0 Å². The second-order valence-electron chi connectivity index (χ2n) is 12.7. The van der Waals surface area contributed by atoms with Gasteiger partial charge in [0.2, 0.25) is 11.8 Å². The SMILES string of the molecule is CC1(C)c2ccccc2-c2cc(-n3c4ccc(-c5nc6ccccc6o5)cc4c4cc(-c5nc6ccccc6o5)ccc43)ccc21. The first kappa shape index (κ1) is 25.4. The first-order valence-electron chi connectivity index (χ1n) is 15.6. The fraction of sp³-hybridized carbons (Fsp3) is 0.0732. The van der Waals surface area contributed by atoms with E-state index in [-0.39, 0.29) is 5.41 Å². The van der Waals surface area contributed by atoms with Crippen molar-refractivity contribution >= 4 is 44.0 Å². The lowest BCUT2D eigenvalue weighted by Crippen LogP contribution is -2.14. The van der Waals surface area contributed by atoms with E-state index in [1.54, 1.807) is 0 Å². The predicted molar refractivity (Wildman–Crippen MR) is 184 cm³/mol. The Bertz CT molecular complexity index is 2490. The van der Waals surface area contributed by atoms with Crippen LogP contribution in [0.4, 0.5) is 0 Å². The highest BCUT2D eigenvalue weighted by Gasteiger charge is 2.35. The number of oxazole rings is 2. The van der Waals surface area contributed by atoms with Crippen molar-refractivity contribution in [2.75, 3.05) is 0 Å². The quantitative estimate of drug-likeness (QED) is 0.204. The van der Waals surface area contributed by atoms with Crippen molar-refractivity contribution in [1.82, 2.24) is 14.5 Å². The zero-order valence-electron chi connectivity index (χ0n) is 25.3. The summed E-state index contributed by atoms with van der Waals surface area (Å²) in [6.07, 6.45) is 0. The van der Waals surface area contributed by atoms with Gasteiger partial charge in [-0.3, -0.25) is 0 Å². The molecule has 0 spiro atoms. The predicted octanol–water partition coefficient (Wildman–Crippen LogP) is 10.7. The molecule has 0 bridgehead atoms. The maximum Gasteiger partial charge on any atom is 0.227 e. The molecule has 3 aromatic heterocycles. The molecule has 46 heavy (non-hydrogen) atoms. The minimum absolute atomic E-state index is 0.0474. The molecule has 0 atom stereocenters. The van der Waals surface area contributed by atoms with E-state index in [1.807, 2.05) is 48.5 Å². The Morgan fingerprint density at radius 1 is 0.522 bits per heavy atom. The van der Waals surface area contributed by atoms with Crippen molar-refractivity contribution in [2.24, 2.45) is 0 Å². The van der Waals surface area contributed by atoms with E-state index in [0.29, 0.717) is 11.8 Å². The van der Waals surface area contributed by atoms with Crippen LogP contribution in [0.15, 0.2) is 136 Å². The maximum atomic E-state index is 6.19. The number of benzene rings is 6. The third-order valence-electron chi connectivity index (χ3n) is 9.67. The highest BCUT2D eigenvalue weighted by atomic mass is 16.4. The topological polar surface area (TPSA) is 57.0 Å². The third-order valence-corrected chi connectivity index (χ3v) is 9.67. The number of aromatic nitrogens is 3. The smallest absolute Gasteiger partial charge is 0.227 e. The molecular weight excluding hydrogens is 566 g/mol. The Labute approximate surface area is 264 Å². The number of hydrogen-bond donors (Lipinski definition) is 0. The molecule has 1 aliphatic carbocycles. The second kappa shape index (κ2) is 9.05. The molecule has 5 nitrogen and oxygen atoms in total. The average molecular weight is 594 g/mol. The Hall–Kier alpha value is -5.94. The minimum Gasteiger partial charge on any atom is -0.436 e. The highest BCUT2D eigenvalue weighted by molar-refractivity contribution is 6.11. The van der Waals surface area contributed by atoms with E-state index in [9.17, 15) is 0 Å². The molecule has 10 rings (SSSR count). The minimum atomic E-state index is -0.0474. The van der Waals surface area contributed by atoms with Gasteiger partial charge in [0.1, 0.15) is 11.0 Å². The Morgan fingerprint density at radius 3 is 1.67 bits per heavy atom. The normalized spacial score (nSPS) is 13.6. The van der Waals surface area contributed by atoms with Gasteiger partial charge >= 0.3 is 0 Å². The number of hydrogen-bond acceptors (Lipinski definition) is 4. The van der Waals surface area contributed by atoms with Crippen LogP contribution in [-0.4, -0.2) is 14.5 Å². The molecule has 1 aliphatic rings. The Balaban J connectivity index is 1.22. The molecule has 0 fully saturated rings. The molecule has 0 saturated heterocycles. The van der Waals surface area contributed by atoms with Gasteiger partial charge in [0.15, 0.2) is 11.2 Å². The summed E-state index contributed by atoms with van der Waals surface area (Å²) in [5, 5.41) is 2.21. The van der Waals surface area contributed by atoms with Crippen LogP contribution >= 0.6 is 0 Å². The van der Waals surface area contributed by atoms with Crippen molar-refractivity contribution in [3.05, 3.63) is 139 Å². The van der Waals surface area contributed by atoms with Crippen molar-refractivity contribution in [3.8, 4) is 39.7 Å². The van der Waals surface area contributed by atoms with Gasteiger partial charge < -0.3 is 13.4 Å². The van der Waals surface area contributed by atoms with Gasteiger partial charge in [-0.25, -0.2) is 9.97 Å². The van der Waals surface area contributed by atoms with Gasteiger partial charge in [0.05, 0.1) is 11.0 Å². The van der Waals surface area contributed by atoms with Gasteiger partial charge in [0.25, 0.3) is 0 Å². The summed E-state index contributed by atoms with van der Waals surface area (Å²) in [5.41, 5.74) is 13.7. The second-order valence-corrected chi connectivity index (χ2v) is 12.7. The molecular formula is C41H27N3O2. The lowest BCUT2D eigenvalue weighted by Gasteiger charge is -2.21. The molecule has 0 aliphatic heterocycles. The number of nitrogens with zero attached hydrogens (tertiary/aromatic N) is 3.